The van der Waals surface area contributed by atoms with Crippen LogP contribution in [0.2, 0.25) is 0 Å². The maximum atomic E-state index is 4.55. The molecule has 14 aromatic rings. The highest BCUT2D eigenvalue weighted by Gasteiger charge is 2.09. The lowest BCUT2D eigenvalue weighted by Gasteiger charge is -2.07. The van der Waals surface area contributed by atoms with Gasteiger partial charge < -0.3 is 0 Å². The lowest BCUT2D eigenvalue weighted by molar-refractivity contribution is 0.469. The van der Waals surface area contributed by atoms with E-state index in [2.05, 4.69) is 282 Å². The minimum atomic E-state index is 0.500. The first-order valence-electron chi connectivity index (χ1n) is 32.7. The van der Waals surface area contributed by atoms with E-state index in [0.717, 1.165) is 39.3 Å². The number of aromatic nitrogens is 8. The molecule has 0 N–H and O–H groups in total. The third-order valence-corrected chi connectivity index (χ3v) is 13.2. The van der Waals surface area contributed by atoms with Crippen LogP contribution in [0.4, 0.5) is 0 Å². The molecule has 0 aliphatic heterocycles. The van der Waals surface area contributed by atoms with Crippen LogP contribution in [0.1, 0.15) is 100 Å². The predicted molar refractivity (Wildman–Crippen MR) is 409 cm³/mol. The Labute approximate surface area is 571 Å². The quantitative estimate of drug-likeness (QED) is 0.162. The first-order chi connectivity index (χ1) is 45.9. The minimum Gasteiger partial charge on any atom is -0.265 e. The summed E-state index contributed by atoms with van der Waals surface area (Å²) >= 11 is 0. The second kappa shape index (κ2) is 36.1. The van der Waals surface area contributed by atoms with Crippen LogP contribution in [0.3, 0.4) is 0 Å². The molecule has 96 heavy (non-hydrogen) atoms. The predicted octanol–water partition coefficient (Wildman–Crippen LogP) is 24.1. The van der Waals surface area contributed by atoms with Crippen LogP contribution in [0, 0.1) is 37.0 Å². The fourth-order valence-electron chi connectivity index (χ4n) is 9.12. The van der Waals surface area contributed by atoms with Crippen LogP contribution in [0.5, 0.6) is 0 Å². The largest absolute Gasteiger partial charge is 0.265 e. The Kier molecular flexibility index (Phi) is 27.3. The number of nitrogens with zero attached hydrogens (tertiary/aromatic N) is 8. The highest BCUT2D eigenvalue weighted by Crippen LogP contribution is 2.29. The van der Waals surface area contributed by atoms with E-state index in [1.54, 1.807) is 31.0 Å². The molecule has 0 aliphatic carbocycles. The SMILES string of the molecule is CC(C)(C)C.CC(C)(C)C.CC(C)(C)C.Cc1cc(-c2cccnc2)cc(-c2cccnc2)c1.Cc1ccc2ccccc2c1.Cc1nc(-c2ccccc2)nc(-c2ccccc2)n1.c1ccc2cc(-c3ccncc3)ccc2c1.c1ccc2cc(-c3cnccn3)ccc2c1. The molecule has 0 saturated carbocycles. The molecule has 0 atom stereocenters. The molecule has 5 heterocycles. The lowest BCUT2D eigenvalue weighted by atomic mass is 9.98. The van der Waals surface area contributed by atoms with E-state index >= 15 is 0 Å². The van der Waals surface area contributed by atoms with Crippen molar-refractivity contribution >= 4 is 32.3 Å². The summed E-state index contributed by atoms with van der Waals surface area (Å²) in [6.07, 6.45) is 16.2. The molecule has 0 spiro atoms. The topological polar surface area (TPSA) is 103 Å². The molecule has 0 bridgehead atoms. The van der Waals surface area contributed by atoms with Crippen LogP contribution in [-0.4, -0.2) is 39.9 Å². The van der Waals surface area contributed by atoms with Crippen LogP contribution >= 0.6 is 0 Å². The van der Waals surface area contributed by atoms with Gasteiger partial charge in [0.25, 0.3) is 0 Å². The minimum absolute atomic E-state index is 0.500. The smallest absolute Gasteiger partial charge is 0.163 e. The van der Waals surface area contributed by atoms with Gasteiger partial charge in [0.15, 0.2) is 11.6 Å². The van der Waals surface area contributed by atoms with Crippen LogP contribution in [0.15, 0.2) is 298 Å². The van der Waals surface area contributed by atoms with Crippen molar-refractivity contribution in [3.8, 4) is 67.4 Å². The molecular weight excluding hydrogens is 1170 g/mol. The van der Waals surface area contributed by atoms with E-state index in [4.69, 9.17) is 0 Å². The number of hydrogen-bond acceptors (Lipinski definition) is 8. The first kappa shape index (κ1) is 72.7. The zero-order valence-corrected chi connectivity index (χ0v) is 58.9. The average Bonchev–Trinajstić information content (AvgIpc) is 0.945. The molecule has 0 unspecified atom stereocenters. The van der Waals surface area contributed by atoms with Gasteiger partial charge in [-0.3, -0.25) is 24.9 Å². The monoisotopic (exact) mass is 1260 g/mol. The van der Waals surface area contributed by atoms with E-state index in [-0.39, 0.29) is 0 Å². The van der Waals surface area contributed by atoms with Gasteiger partial charge in [-0.25, -0.2) is 15.0 Å². The molecule has 0 radical (unpaired) electrons. The molecule has 0 saturated heterocycles. The van der Waals surface area contributed by atoms with Crippen LogP contribution < -0.4 is 0 Å². The van der Waals surface area contributed by atoms with E-state index < -0.39 is 0 Å². The van der Waals surface area contributed by atoms with Crippen molar-refractivity contribution in [3.63, 3.8) is 0 Å². The Morgan fingerprint density at radius 2 is 0.615 bits per heavy atom. The Morgan fingerprint density at radius 1 is 0.229 bits per heavy atom. The number of fused-ring (bicyclic) bond motifs is 3. The number of rotatable bonds is 6. The van der Waals surface area contributed by atoms with Crippen LogP contribution in [0.25, 0.3) is 99.7 Å². The summed E-state index contributed by atoms with van der Waals surface area (Å²) in [5.41, 5.74) is 15.2. The number of aryl methyl sites for hydroxylation is 3. The zero-order chi connectivity index (χ0) is 68.9. The average molecular weight is 1260 g/mol. The third-order valence-electron chi connectivity index (χ3n) is 13.2. The van der Waals surface area contributed by atoms with Gasteiger partial charge in [0, 0.05) is 77.4 Å². The van der Waals surface area contributed by atoms with Crippen molar-refractivity contribution < 1.29 is 0 Å². The van der Waals surface area contributed by atoms with Crippen molar-refractivity contribution in [1.29, 1.82) is 0 Å². The van der Waals surface area contributed by atoms with Gasteiger partial charge in [-0.05, 0) is 140 Å². The highest BCUT2D eigenvalue weighted by atomic mass is 15.0. The summed E-state index contributed by atoms with van der Waals surface area (Å²) in [5, 5.41) is 7.67. The third kappa shape index (κ3) is 26.7. The summed E-state index contributed by atoms with van der Waals surface area (Å²) in [7, 11) is 0. The standard InChI is InChI=1S/C17H14N2.C16H13N3.C15H11N.C14H10N2.C11H10.3C5H12/c1-13-8-16(14-4-2-6-18-11-14)10-17(9-13)15-5-3-7-19-12-15;1-12-17-15(13-8-4-2-5-9-13)19-16(18-12)14-10-6-3-7-11-14;1-2-4-14-11-15(6-5-12(14)3-1)13-7-9-16-10-8-13;1-2-4-12-9-13(6-5-11(12)3-1)14-10-15-7-8-16-14;1-9-6-7-10-4-2-3-5-11(10)8-9;3*1-5(2,3)4/h2-12H,1H3;2-11H,1H3;1-11H;1-10H;2-8H,1H3;3*1-4H3. The molecule has 9 aromatic carbocycles. The summed E-state index contributed by atoms with van der Waals surface area (Å²) in [6, 6.07) is 83.1. The number of benzene rings is 9. The molecular formula is C88H94N8. The van der Waals surface area contributed by atoms with Gasteiger partial charge in [0.05, 0.1) is 11.9 Å². The summed E-state index contributed by atoms with van der Waals surface area (Å²) < 4.78 is 0. The van der Waals surface area contributed by atoms with Crippen molar-refractivity contribution in [2.75, 3.05) is 0 Å². The second-order valence-corrected chi connectivity index (χ2v) is 28.1. The second-order valence-electron chi connectivity index (χ2n) is 28.1. The summed E-state index contributed by atoms with van der Waals surface area (Å²) in [4.78, 5) is 34.1. The Balaban J connectivity index is 0.000000162. The zero-order valence-electron chi connectivity index (χ0n) is 58.9. The van der Waals surface area contributed by atoms with Gasteiger partial charge >= 0.3 is 0 Å². The molecule has 486 valence electrons. The van der Waals surface area contributed by atoms with Crippen LogP contribution in [-0.2, 0) is 0 Å². The Bertz CT molecular complexity index is 4160. The fraction of sp³-hybridized carbons (Fsp3) is 0.205. The van der Waals surface area contributed by atoms with Crippen molar-refractivity contribution in [3.05, 3.63) is 315 Å². The molecule has 14 rings (SSSR count). The van der Waals surface area contributed by atoms with Gasteiger partial charge in [0.1, 0.15) is 5.82 Å². The first-order valence-corrected chi connectivity index (χ1v) is 32.7. The fourth-order valence-corrected chi connectivity index (χ4v) is 9.12. The number of pyridine rings is 3. The van der Waals surface area contributed by atoms with Gasteiger partial charge in [0.2, 0.25) is 0 Å². The van der Waals surface area contributed by atoms with E-state index in [9.17, 15) is 0 Å². The molecule has 0 fully saturated rings. The van der Waals surface area contributed by atoms with Gasteiger partial charge in [-0.2, -0.15) is 0 Å². The molecule has 8 heteroatoms. The van der Waals surface area contributed by atoms with Crippen molar-refractivity contribution in [2.45, 2.75) is 104 Å². The van der Waals surface area contributed by atoms with Gasteiger partial charge in [-0.1, -0.05) is 289 Å². The number of hydrogen-bond donors (Lipinski definition) is 0. The van der Waals surface area contributed by atoms with E-state index in [1.165, 1.54) is 65.7 Å². The van der Waals surface area contributed by atoms with Crippen molar-refractivity contribution in [2.24, 2.45) is 16.2 Å². The highest BCUT2D eigenvalue weighted by molar-refractivity contribution is 5.88. The Hall–Kier alpha value is -10.7. The van der Waals surface area contributed by atoms with E-state index in [1.807, 2.05) is 129 Å². The van der Waals surface area contributed by atoms with Crippen molar-refractivity contribution in [1.82, 2.24) is 39.9 Å². The summed E-state index contributed by atoms with van der Waals surface area (Å²) in [6.45, 7) is 32.4. The van der Waals surface area contributed by atoms with E-state index in [0.29, 0.717) is 27.9 Å². The lowest BCUT2D eigenvalue weighted by Crippen LogP contribution is -1.99. The molecule has 8 nitrogen and oxygen atoms in total. The van der Waals surface area contributed by atoms with Gasteiger partial charge in [-0.15, -0.1) is 0 Å². The normalized spacial score (nSPS) is 10.7. The maximum absolute atomic E-state index is 4.55. The molecule has 0 amide bonds. The molecule has 0 aliphatic rings. The maximum Gasteiger partial charge on any atom is 0.163 e. The Morgan fingerprint density at radius 3 is 1.04 bits per heavy atom. The molecule has 5 aromatic heterocycles. The summed E-state index contributed by atoms with van der Waals surface area (Å²) in [5.74, 6) is 2.16.